The predicted molar refractivity (Wildman–Crippen MR) is 62.0 cm³/mol. The Balaban J connectivity index is 2.71. The van der Waals surface area contributed by atoms with Gasteiger partial charge in [0.2, 0.25) is 0 Å². The molecule has 1 aromatic carbocycles. The van der Waals surface area contributed by atoms with Gasteiger partial charge in [-0.1, -0.05) is 17.7 Å². The molecule has 0 aromatic heterocycles. The van der Waals surface area contributed by atoms with Gasteiger partial charge < -0.3 is 4.74 Å². The lowest BCUT2D eigenvalue weighted by atomic mass is 10.1. The van der Waals surface area contributed by atoms with Crippen molar-refractivity contribution in [2.75, 3.05) is 11.9 Å². The Morgan fingerprint density at radius 1 is 1.39 bits per heavy atom. The molecular weight excluding hydrogens is 271 g/mol. The van der Waals surface area contributed by atoms with E-state index in [4.69, 9.17) is 11.6 Å². The van der Waals surface area contributed by atoms with Gasteiger partial charge in [0, 0.05) is 0 Å². The van der Waals surface area contributed by atoms with Crippen molar-refractivity contribution in [3.63, 3.8) is 0 Å². The molecule has 1 N–H and O–H groups in total. The number of hydrogen-bond acceptors (Lipinski definition) is 2. The van der Waals surface area contributed by atoms with Gasteiger partial charge in [-0.2, -0.15) is 13.2 Å². The van der Waals surface area contributed by atoms with Crippen molar-refractivity contribution in [1.82, 2.24) is 0 Å². The molecule has 0 fully saturated rings. The molecule has 0 heterocycles. The standard InChI is InChI=1S/C11H11ClF3NO2/c1-6-3-7(2)9(8(12)4-6)16-10(17)18-5-11(13,14)15/h3-4H,5H2,1-2H3,(H,16,17). The molecule has 0 unspecified atom stereocenters. The Morgan fingerprint density at radius 2 is 2.00 bits per heavy atom. The number of ether oxygens (including phenoxy) is 1. The van der Waals surface area contributed by atoms with Crippen LogP contribution in [0.3, 0.4) is 0 Å². The van der Waals surface area contributed by atoms with E-state index in [1.807, 2.05) is 6.92 Å². The number of carbonyl (C=O) groups is 1. The van der Waals surface area contributed by atoms with Gasteiger partial charge in [-0.3, -0.25) is 5.32 Å². The highest BCUT2D eigenvalue weighted by atomic mass is 35.5. The zero-order valence-corrected chi connectivity index (χ0v) is 10.4. The van der Waals surface area contributed by atoms with Crippen LogP contribution in [-0.4, -0.2) is 18.9 Å². The van der Waals surface area contributed by atoms with E-state index >= 15 is 0 Å². The molecule has 18 heavy (non-hydrogen) atoms. The summed E-state index contributed by atoms with van der Waals surface area (Å²) in [5.74, 6) is 0. The summed E-state index contributed by atoms with van der Waals surface area (Å²) < 4.78 is 39.5. The van der Waals surface area contributed by atoms with E-state index in [0.717, 1.165) is 5.56 Å². The Hall–Kier alpha value is -1.43. The van der Waals surface area contributed by atoms with Crippen LogP contribution in [-0.2, 0) is 4.74 Å². The highest BCUT2D eigenvalue weighted by Gasteiger charge is 2.29. The maximum atomic E-state index is 11.8. The molecule has 0 aliphatic carbocycles. The van der Waals surface area contributed by atoms with E-state index in [9.17, 15) is 18.0 Å². The van der Waals surface area contributed by atoms with E-state index in [2.05, 4.69) is 10.1 Å². The Kier molecular flexibility index (Phi) is 4.45. The molecule has 0 spiro atoms. The fourth-order valence-corrected chi connectivity index (χ4v) is 1.73. The molecule has 1 amide bonds. The smallest absolute Gasteiger partial charge is 0.422 e. The number of benzene rings is 1. The van der Waals surface area contributed by atoms with Crippen LogP contribution in [0.25, 0.3) is 0 Å². The third-order valence-electron chi connectivity index (χ3n) is 2.03. The minimum Gasteiger partial charge on any atom is -0.440 e. The first-order chi connectivity index (χ1) is 8.19. The SMILES string of the molecule is Cc1cc(C)c(NC(=O)OCC(F)(F)F)c(Cl)c1. The molecule has 1 rings (SSSR count). The predicted octanol–water partition coefficient (Wildman–Crippen LogP) is 4.07. The van der Waals surface area contributed by atoms with Crippen molar-refractivity contribution in [2.24, 2.45) is 0 Å². The summed E-state index contributed by atoms with van der Waals surface area (Å²) in [5, 5.41) is 2.43. The number of carbonyl (C=O) groups excluding carboxylic acids is 1. The van der Waals surface area contributed by atoms with Crippen LogP contribution < -0.4 is 5.32 Å². The van der Waals surface area contributed by atoms with E-state index in [-0.39, 0.29) is 10.7 Å². The summed E-state index contributed by atoms with van der Waals surface area (Å²) in [6.45, 7) is 1.85. The third kappa shape index (κ3) is 4.44. The minimum absolute atomic E-state index is 0.245. The second-order valence-corrected chi connectivity index (χ2v) is 4.16. The summed E-state index contributed by atoms with van der Waals surface area (Å²) in [6, 6.07) is 3.33. The highest BCUT2D eigenvalue weighted by molar-refractivity contribution is 6.33. The first kappa shape index (κ1) is 14.6. The van der Waals surface area contributed by atoms with E-state index in [0.29, 0.717) is 5.56 Å². The number of rotatable bonds is 2. The number of amides is 1. The molecule has 7 heteroatoms. The summed E-state index contributed by atoms with van der Waals surface area (Å²) in [6.07, 6.45) is -5.75. The second-order valence-electron chi connectivity index (χ2n) is 3.75. The van der Waals surface area contributed by atoms with E-state index in [1.54, 1.807) is 19.1 Å². The maximum Gasteiger partial charge on any atom is 0.422 e. The zero-order chi connectivity index (χ0) is 13.9. The van der Waals surface area contributed by atoms with E-state index < -0.39 is 18.9 Å². The Bertz CT molecular complexity index is 437. The third-order valence-corrected chi connectivity index (χ3v) is 2.32. The Morgan fingerprint density at radius 3 is 2.50 bits per heavy atom. The van der Waals surface area contributed by atoms with Crippen LogP contribution in [0.1, 0.15) is 11.1 Å². The molecule has 100 valence electrons. The van der Waals surface area contributed by atoms with Crippen LogP contribution in [0.5, 0.6) is 0 Å². The van der Waals surface area contributed by atoms with Crippen molar-refractivity contribution in [2.45, 2.75) is 20.0 Å². The van der Waals surface area contributed by atoms with Crippen molar-refractivity contribution in [3.05, 3.63) is 28.3 Å². The fourth-order valence-electron chi connectivity index (χ4n) is 1.36. The van der Waals surface area contributed by atoms with Crippen molar-refractivity contribution in [3.8, 4) is 0 Å². The van der Waals surface area contributed by atoms with Crippen molar-refractivity contribution in [1.29, 1.82) is 0 Å². The lowest BCUT2D eigenvalue weighted by molar-refractivity contribution is -0.159. The maximum absolute atomic E-state index is 11.8. The molecule has 0 saturated carbocycles. The lowest BCUT2D eigenvalue weighted by Crippen LogP contribution is -2.23. The average molecular weight is 282 g/mol. The molecule has 3 nitrogen and oxygen atoms in total. The molecule has 0 aliphatic rings. The molecule has 0 saturated heterocycles. The molecule has 0 atom stereocenters. The lowest BCUT2D eigenvalue weighted by Gasteiger charge is -2.12. The van der Waals surface area contributed by atoms with Crippen LogP contribution >= 0.6 is 11.6 Å². The highest BCUT2D eigenvalue weighted by Crippen LogP contribution is 2.27. The first-order valence-electron chi connectivity index (χ1n) is 4.96. The number of anilines is 1. The van der Waals surface area contributed by atoms with Crippen LogP contribution in [0.15, 0.2) is 12.1 Å². The van der Waals surface area contributed by atoms with Gasteiger partial charge in [0.15, 0.2) is 6.61 Å². The molecule has 1 aromatic rings. The van der Waals surface area contributed by atoms with Gasteiger partial charge in [-0.05, 0) is 31.0 Å². The summed E-state index contributed by atoms with van der Waals surface area (Å²) in [7, 11) is 0. The Labute approximate surface area is 107 Å². The fraction of sp³-hybridized carbons (Fsp3) is 0.364. The normalized spacial score (nSPS) is 11.2. The van der Waals surface area contributed by atoms with Gasteiger partial charge in [-0.15, -0.1) is 0 Å². The van der Waals surface area contributed by atoms with Gasteiger partial charge in [0.05, 0.1) is 10.7 Å². The van der Waals surface area contributed by atoms with Gasteiger partial charge >= 0.3 is 12.3 Å². The molecule has 0 radical (unpaired) electrons. The topological polar surface area (TPSA) is 38.3 Å². The van der Waals surface area contributed by atoms with Crippen LogP contribution in [0.4, 0.5) is 23.7 Å². The molecule has 0 aliphatic heterocycles. The number of nitrogens with one attached hydrogen (secondary N) is 1. The van der Waals surface area contributed by atoms with Gasteiger partial charge in [-0.25, -0.2) is 4.79 Å². The summed E-state index contributed by atoms with van der Waals surface area (Å²) in [5.41, 5.74) is 1.77. The van der Waals surface area contributed by atoms with Crippen LogP contribution in [0.2, 0.25) is 5.02 Å². The zero-order valence-electron chi connectivity index (χ0n) is 9.69. The first-order valence-corrected chi connectivity index (χ1v) is 5.34. The van der Waals surface area contributed by atoms with Gasteiger partial charge in [0.25, 0.3) is 0 Å². The van der Waals surface area contributed by atoms with Crippen molar-refractivity contribution >= 4 is 23.4 Å². The average Bonchev–Trinajstić information content (AvgIpc) is 2.19. The van der Waals surface area contributed by atoms with Gasteiger partial charge in [0.1, 0.15) is 0 Å². The largest absolute Gasteiger partial charge is 0.440 e. The number of alkyl halides is 3. The number of aryl methyl sites for hydroxylation is 2. The number of hydrogen-bond donors (Lipinski definition) is 1. The second kappa shape index (κ2) is 5.48. The summed E-state index contributed by atoms with van der Waals surface area (Å²) in [4.78, 5) is 11.2. The number of halogens is 4. The minimum atomic E-state index is -4.55. The monoisotopic (exact) mass is 281 g/mol. The molecular formula is C11H11ClF3NO2. The molecule has 0 bridgehead atoms. The summed E-state index contributed by atoms with van der Waals surface area (Å²) >= 11 is 5.88. The van der Waals surface area contributed by atoms with Crippen LogP contribution in [0, 0.1) is 13.8 Å². The quantitative estimate of drug-likeness (QED) is 0.887. The van der Waals surface area contributed by atoms with E-state index in [1.165, 1.54) is 0 Å². The van der Waals surface area contributed by atoms with Crippen molar-refractivity contribution < 1.29 is 22.7 Å².